The van der Waals surface area contributed by atoms with Crippen LogP contribution in [0.4, 0.5) is 5.69 Å². The van der Waals surface area contributed by atoms with Gasteiger partial charge < -0.3 is 19.5 Å². The predicted molar refractivity (Wildman–Crippen MR) is 84.5 cm³/mol. The Morgan fingerprint density at radius 1 is 1.12 bits per heavy atom. The molecule has 1 aliphatic rings. The first-order valence-electron chi connectivity index (χ1n) is 6.87. The number of rotatable bonds is 5. The molecular weight excluding hydrogens is 336 g/mol. The number of ether oxygens (including phenoxy) is 3. The van der Waals surface area contributed by atoms with Crippen LogP contribution in [0, 0.1) is 0 Å². The van der Waals surface area contributed by atoms with Gasteiger partial charge in [0.15, 0.2) is 18.1 Å². The summed E-state index contributed by atoms with van der Waals surface area (Å²) in [5, 5.41) is 7.59. The lowest BCUT2D eigenvalue weighted by Crippen LogP contribution is -2.20. The van der Waals surface area contributed by atoms with Crippen molar-refractivity contribution in [2.75, 3.05) is 18.7 Å². The van der Waals surface area contributed by atoms with E-state index in [4.69, 9.17) is 19.3 Å². The van der Waals surface area contributed by atoms with E-state index >= 15 is 0 Å². The molecule has 0 aromatic heterocycles. The van der Waals surface area contributed by atoms with Crippen LogP contribution < -0.4 is 24.7 Å². The van der Waals surface area contributed by atoms with Gasteiger partial charge >= 0.3 is 0 Å². The van der Waals surface area contributed by atoms with Crippen LogP contribution in [-0.4, -0.2) is 27.7 Å². The highest BCUT2D eigenvalue weighted by Crippen LogP contribution is 2.35. The van der Waals surface area contributed by atoms with Gasteiger partial charge in [-0.15, -0.1) is 0 Å². The van der Waals surface area contributed by atoms with Crippen molar-refractivity contribution in [3.8, 4) is 17.2 Å². The summed E-state index contributed by atoms with van der Waals surface area (Å²) in [6, 6.07) is 10.5. The monoisotopic (exact) mass is 350 g/mol. The summed E-state index contributed by atoms with van der Waals surface area (Å²) in [6.45, 7) is -0.0512. The van der Waals surface area contributed by atoms with Crippen LogP contribution in [0.2, 0.25) is 0 Å². The Balaban J connectivity index is 1.56. The lowest BCUT2D eigenvalue weighted by molar-refractivity contribution is -0.118. The summed E-state index contributed by atoms with van der Waals surface area (Å²) >= 11 is 0. The van der Waals surface area contributed by atoms with E-state index in [1.807, 2.05) is 0 Å². The molecule has 0 unspecified atom stereocenters. The molecular formula is C15H14N2O6S. The van der Waals surface area contributed by atoms with Gasteiger partial charge in [-0.3, -0.25) is 4.79 Å². The van der Waals surface area contributed by atoms with Crippen molar-refractivity contribution in [1.82, 2.24) is 0 Å². The number of carbonyl (C=O) groups excluding carboxylic acids is 1. The van der Waals surface area contributed by atoms with Crippen molar-refractivity contribution in [3.05, 3.63) is 42.5 Å². The number of fused-ring (bicyclic) bond motifs is 1. The van der Waals surface area contributed by atoms with E-state index < -0.39 is 15.9 Å². The zero-order valence-electron chi connectivity index (χ0n) is 12.4. The number of sulfonamides is 1. The van der Waals surface area contributed by atoms with E-state index in [-0.39, 0.29) is 18.3 Å². The molecule has 0 saturated heterocycles. The van der Waals surface area contributed by atoms with Gasteiger partial charge in [0.05, 0.1) is 4.90 Å². The van der Waals surface area contributed by atoms with Gasteiger partial charge in [-0.1, -0.05) is 0 Å². The Labute approximate surface area is 138 Å². The van der Waals surface area contributed by atoms with Crippen LogP contribution >= 0.6 is 0 Å². The predicted octanol–water partition coefficient (Wildman–Crippen LogP) is 1.08. The molecule has 0 atom stereocenters. The van der Waals surface area contributed by atoms with Crippen LogP contribution in [0.5, 0.6) is 17.2 Å². The van der Waals surface area contributed by atoms with E-state index in [9.17, 15) is 13.2 Å². The third-order valence-corrected chi connectivity index (χ3v) is 4.11. The molecule has 3 rings (SSSR count). The quantitative estimate of drug-likeness (QED) is 0.833. The first-order valence-corrected chi connectivity index (χ1v) is 8.41. The maximum Gasteiger partial charge on any atom is 0.262 e. The number of anilines is 1. The van der Waals surface area contributed by atoms with E-state index in [1.54, 1.807) is 18.2 Å². The molecule has 3 N–H and O–H groups in total. The van der Waals surface area contributed by atoms with Crippen LogP contribution in [0.25, 0.3) is 0 Å². The average molecular weight is 350 g/mol. The third-order valence-electron chi connectivity index (χ3n) is 3.18. The van der Waals surface area contributed by atoms with Crippen LogP contribution in [0.1, 0.15) is 0 Å². The van der Waals surface area contributed by atoms with Crippen molar-refractivity contribution in [3.63, 3.8) is 0 Å². The summed E-state index contributed by atoms with van der Waals surface area (Å²) in [5.74, 6) is 1.27. The second-order valence-electron chi connectivity index (χ2n) is 4.92. The number of nitrogens with two attached hydrogens (primary N) is 1. The minimum atomic E-state index is -3.76. The van der Waals surface area contributed by atoms with Crippen molar-refractivity contribution < 1.29 is 27.4 Å². The Morgan fingerprint density at radius 2 is 1.83 bits per heavy atom. The molecule has 1 heterocycles. The largest absolute Gasteiger partial charge is 0.484 e. The summed E-state index contributed by atoms with van der Waals surface area (Å²) in [4.78, 5) is 11.8. The number of benzene rings is 2. The van der Waals surface area contributed by atoms with Crippen LogP contribution in [0.15, 0.2) is 47.4 Å². The standard InChI is InChI=1S/C15H14N2O6S/c16-24(19,20)12-4-1-10(2-5-12)17-15(18)8-21-11-3-6-13-14(7-11)23-9-22-13/h1-7H,8-9H2,(H,17,18)(H2,16,19,20). The molecule has 0 bridgehead atoms. The Kier molecular flexibility index (Phi) is 4.28. The zero-order valence-corrected chi connectivity index (χ0v) is 13.2. The molecule has 1 amide bonds. The van der Waals surface area contributed by atoms with E-state index in [0.29, 0.717) is 22.9 Å². The minimum absolute atomic E-state index is 0.0305. The molecule has 1 aliphatic heterocycles. The number of amides is 1. The van der Waals surface area contributed by atoms with Crippen molar-refractivity contribution in [1.29, 1.82) is 0 Å². The third kappa shape index (κ3) is 3.76. The minimum Gasteiger partial charge on any atom is -0.484 e. The van der Waals surface area contributed by atoms with Gasteiger partial charge in [0.1, 0.15) is 5.75 Å². The van der Waals surface area contributed by atoms with Crippen molar-refractivity contribution in [2.45, 2.75) is 4.90 Å². The fourth-order valence-corrected chi connectivity index (χ4v) is 2.56. The number of hydrogen-bond donors (Lipinski definition) is 2. The molecule has 0 fully saturated rings. The normalized spacial score (nSPS) is 12.7. The maximum absolute atomic E-state index is 11.9. The second kappa shape index (κ2) is 6.38. The van der Waals surface area contributed by atoms with Gasteiger partial charge in [0, 0.05) is 11.8 Å². The average Bonchev–Trinajstić information content (AvgIpc) is 3.00. The molecule has 126 valence electrons. The Morgan fingerprint density at radius 3 is 2.54 bits per heavy atom. The zero-order chi connectivity index (χ0) is 17.2. The first kappa shape index (κ1) is 16.1. The van der Waals surface area contributed by atoms with Crippen LogP contribution in [-0.2, 0) is 14.8 Å². The highest BCUT2D eigenvalue weighted by atomic mass is 32.2. The molecule has 9 heteroatoms. The van der Waals surface area contributed by atoms with E-state index in [1.165, 1.54) is 24.3 Å². The summed E-state index contributed by atoms with van der Waals surface area (Å²) in [6.07, 6.45) is 0. The van der Waals surface area contributed by atoms with E-state index in [2.05, 4.69) is 5.32 Å². The molecule has 2 aromatic carbocycles. The van der Waals surface area contributed by atoms with Gasteiger partial charge in [0.25, 0.3) is 5.91 Å². The van der Waals surface area contributed by atoms with Crippen molar-refractivity contribution >= 4 is 21.6 Å². The fraction of sp³-hybridized carbons (Fsp3) is 0.133. The molecule has 0 radical (unpaired) electrons. The highest BCUT2D eigenvalue weighted by molar-refractivity contribution is 7.89. The first-order chi connectivity index (χ1) is 11.4. The van der Waals surface area contributed by atoms with Crippen molar-refractivity contribution in [2.24, 2.45) is 5.14 Å². The molecule has 2 aromatic rings. The molecule has 0 saturated carbocycles. The molecule has 24 heavy (non-hydrogen) atoms. The molecule has 0 spiro atoms. The van der Waals surface area contributed by atoms with Gasteiger partial charge in [-0.2, -0.15) is 0 Å². The second-order valence-corrected chi connectivity index (χ2v) is 6.48. The topological polar surface area (TPSA) is 117 Å². The lowest BCUT2D eigenvalue weighted by Gasteiger charge is -2.08. The summed E-state index contributed by atoms with van der Waals surface area (Å²) in [7, 11) is -3.76. The lowest BCUT2D eigenvalue weighted by atomic mass is 10.3. The number of primary sulfonamides is 1. The number of hydrogen-bond acceptors (Lipinski definition) is 6. The van der Waals surface area contributed by atoms with Gasteiger partial charge in [0.2, 0.25) is 16.8 Å². The highest BCUT2D eigenvalue weighted by Gasteiger charge is 2.14. The maximum atomic E-state index is 11.9. The molecule has 8 nitrogen and oxygen atoms in total. The Hall–Kier alpha value is -2.78. The smallest absolute Gasteiger partial charge is 0.262 e. The molecule has 0 aliphatic carbocycles. The summed E-state index contributed by atoms with van der Waals surface area (Å²) in [5.41, 5.74) is 0.432. The number of carbonyl (C=O) groups is 1. The van der Waals surface area contributed by atoms with Gasteiger partial charge in [-0.05, 0) is 36.4 Å². The summed E-state index contributed by atoms with van der Waals surface area (Å²) < 4.78 is 38.1. The fourth-order valence-electron chi connectivity index (χ4n) is 2.04. The van der Waals surface area contributed by atoms with E-state index in [0.717, 1.165) is 0 Å². The van der Waals surface area contributed by atoms with Crippen LogP contribution in [0.3, 0.4) is 0 Å². The number of nitrogens with one attached hydrogen (secondary N) is 1. The Bertz CT molecular complexity index is 864. The van der Waals surface area contributed by atoms with Gasteiger partial charge in [-0.25, -0.2) is 13.6 Å². The SMILES string of the molecule is NS(=O)(=O)c1ccc(NC(=O)COc2ccc3c(c2)OCO3)cc1.